The van der Waals surface area contributed by atoms with Gasteiger partial charge in [-0.25, -0.2) is 4.57 Å². The van der Waals surface area contributed by atoms with Crippen LogP contribution in [0.4, 0.5) is 0 Å². The first-order valence-electron chi connectivity index (χ1n) is 10.7. The van der Waals surface area contributed by atoms with Gasteiger partial charge in [0.05, 0.1) is 16.8 Å². The molecule has 0 aliphatic rings. The van der Waals surface area contributed by atoms with Gasteiger partial charge < -0.3 is 4.42 Å². The lowest BCUT2D eigenvalue weighted by molar-refractivity contribution is -0.659. The molecule has 5 rings (SSSR count). The molecule has 0 unspecified atom stereocenters. The molecule has 5 aromatic rings. The van der Waals surface area contributed by atoms with E-state index in [1.807, 2.05) is 31.3 Å². The summed E-state index contributed by atoms with van der Waals surface area (Å²) >= 11 is 0. The molecule has 0 N–H and O–H groups in total. The van der Waals surface area contributed by atoms with Gasteiger partial charge in [-0.15, -0.1) is 0 Å². The average molecular weight is 381 g/mol. The largest absolute Gasteiger partial charge is 0.455 e. The molecule has 0 bridgehead atoms. The van der Waals surface area contributed by atoms with Crippen LogP contribution in [0.15, 0.2) is 77.5 Å². The van der Waals surface area contributed by atoms with Gasteiger partial charge in [-0.05, 0) is 42.6 Å². The van der Waals surface area contributed by atoms with Crippen molar-refractivity contribution in [2.24, 2.45) is 7.05 Å². The molecule has 3 heterocycles. The number of pyridine rings is 2. The SMILES string of the molecule is [2H]C([2H])(C)c1ccc(-c2ccc(-c3c(C)ccc4c3oc3ccccc34)[n+](C)c2)nc1. The van der Waals surface area contributed by atoms with Crippen molar-refractivity contribution in [2.45, 2.75) is 20.2 Å². The highest BCUT2D eigenvalue weighted by Gasteiger charge is 2.21. The standard InChI is InChI=1S/C26H23N2O/c1-4-18-10-13-22(27-15-18)19-11-14-23(28(3)16-19)25-17(2)9-12-21-20-7-5-6-8-24(20)29-26(21)25/h5-16H,4H2,1-3H3/q+1/i4D2. The van der Waals surface area contributed by atoms with Gasteiger partial charge in [-0.1, -0.05) is 43.3 Å². The van der Waals surface area contributed by atoms with Crippen LogP contribution < -0.4 is 4.57 Å². The number of rotatable bonds is 3. The van der Waals surface area contributed by atoms with Crippen LogP contribution in [0.25, 0.3) is 44.5 Å². The second kappa shape index (κ2) is 6.85. The van der Waals surface area contributed by atoms with Crippen molar-refractivity contribution in [1.29, 1.82) is 0 Å². The normalized spacial score (nSPS) is 12.9. The molecule has 0 saturated heterocycles. The Balaban J connectivity index is 1.62. The van der Waals surface area contributed by atoms with Gasteiger partial charge in [-0.2, -0.15) is 0 Å². The Hall–Kier alpha value is -3.46. The molecular formula is C26H23N2O+. The van der Waals surface area contributed by atoms with E-state index in [1.165, 1.54) is 0 Å². The Bertz CT molecular complexity index is 1430. The molecule has 0 aliphatic heterocycles. The van der Waals surface area contributed by atoms with E-state index in [0.29, 0.717) is 5.56 Å². The highest BCUT2D eigenvalue weighted by atomic mass is 16.3. The molecule has 0 amide bonds. The maximum absolute atomic E-state index is 7.85. The molecule has 29 heavy (non-hydrogen) atoms. The summed E-state index contributed by atoms with van der Waals surface area (Å²) in [7, 11) is 2.03. The predicted molar refractivity (Wildman–Crippen MR) is 118 cm³/mol. The molecular weight excluding hydrogens is 356 g/mol. The summed E-state index contributed by atoms with van der Waals surface area (Å²) in [4.78, 5) is 4.48. The van der Waals surface area contributed by atoms with E-state index in [4.69, 9.17) is 7.16 Å². The van der Waals surface area contributed by atoms with E-state index in [2.05, 4.69) is 53.0 Å². The van der Waals surface area contributed by atoms with Gasteiger partial charge >= 0.3 is 0 Å². The van der Waals surface area contributed by atoms with Crippen molar-refractivity contribution in [3.8, 4) is 22.5 Å². The summed E-state index contributed by atoms with van der Waals surface area (Å²) in [5.41, 5.74) is 7.46. The number of fused-ring (bicyclic) bond motifs is 3. The van der Waals surface area contributed by atoms with Gasteiger partial charge in [0, 0.05) is 25.8 Å². The quantitative estimate of drug-likeness (QED) is 0.358. The first-order valence-corrected chi connectivity index (χ1v) is 9.71. The average Bonchev–Trinajstić information content (AvgIpc) is 3.12. The van der Waals surface area contributed by atoms with Gasteiger partial charge in [0.25, 0.3) is 0 Å². The van der Waals surface area contributed by atoms with E-state index in [0.717, 1.165) is 50.0 Å². The van der Waals surface area contributed by atoms with Crippen LogP contribution in [0.1, 0.15) is 20.8 Å². The molecule has 142 valence electrons. The maximum atomic E-state index is 7.85. The third kappa shape index (κ3) is 2.90. The second-order valence-electron chi connectivity index (χ2n) is 7.33. The van der Waals surface area contributed by atoms with Crippen LogP contribution in [0.2, 0.25) is 0 Å². The third-order valence-electron chi connectivity index (χ3n) is 5.49. The smallest absolute Gasteiger partial charge is 0.216 e. The lowest BCUT2D eigenvalue weighted by Crippen LogP contribution is -2.31. The molecule has 0 atom stereocenters. The Kier molecular flexibility index (Phi) is 3.65. The van der Waals surface area contributed by atoms with Gasteiger partial charge in [0.1, 0.15) is 18.2 Å². The van der Waals surface area contributed by atoms with Gasteiger partial charge in [-0.3, -0.25) is 4.98 Å². The maximum Gasteiger partial charge on any atom is 0.216 e. The third-order valence-corrected chi connectivity index (χ3v) is 5.49. The Labute approximate surface area is 173 Å². The number of nitrogens with zero attached hydrogens (tertiary/aromatic N) is 2. The first-order chi connectivity index (χ1) is 14.8. The van der Waals surface area contributed by atoms with Crippen LogP contribution in [-0.4, -0.2) is 4.98 Å². The van der Waals surface area contributed by atoms with E-state index in [1.54, 1.807) is 19.2 Å². The van der Waals surface area contributed by atoms with Crippen LogP contribution in [0.5, 0.6) is 0 Å². The zero-order valence-corrected chi connectivity index (χ0v) is 16.7. The summed E-state index contributed by atoms with van der Waals surface area (Å²) in [6.07, 6.45) is 2.27. The topological polar surface area (TPSA) is 29.9 Å². The van der Waals surface area contributed by atoms with Crippen LogP contribution in [0, 0.1) is 6.92 Å². The monoisotopic (exact) mass is 381 g/mol. The number of aromatic nitrogens is 2. The number of hydrogen-bond acceptors (Lipinski definition) is 2. The Morgan fingerprint density at radius 3 is 2.62 bits per heavy atom. The molecule has 3 aromatic heterocycles. The summed E-state index contributed by atoms with van der Waals surface area (Å²) in [5, 5.41) is 2.24. The lowest BCUT2D eigenvalue weighted by Gasteiger charge is -2.07. The number of para-hydroxylation sites is 1. The minimum absolute atomic E-state index is 0.574. The van der Waals surface area contributed by atoms with E-state index < -0.39 is 6.37 Å². The highest BCUT2D eigenvalue weighted by Crippen LogP contribution is 2.36. The molecule has 2 aromatic carbocycles. The fraction of sp³-hybridized carbons (Fsp3) is 0.154. The van der Waals surface area contributed by atoms with Crippen LogP contribution >= 0.6 is 0 Å². The van der Waals surface area contributed by atoms with Crippen LogP contribution in [0.3, 0.4) is 0 Å². The molecule has 0 radical (unpaired) electrons. The highest BCUT2D eigenvalue weighted by molar-refractivity contribution is 6.09. The predicted octanol–water partition coefficient (Wildman–Crippen LogP) is 6.01. The van der Waals surface area contributed by atoms with Crippen LogP contribution in [-0.2, 0) is 13.4 Å². The fourth-order valence-electron chi connectivity index (χ4n) is 3.94. The van der Waals surface area contributed by atoms with E-state index in [-0.39, 0.29) is 0 Å². The minimum atomic E-state index is -1.40. The molecule has 0 spiro atoms. The van der Waals surface area contributed by atoms with E-state index in [9.17, 15) is 0 Å². The summed E-state index contributed by atoms with van der Waals surface area (Å²) in [5.74, 6) is 0. The summed E-state index contributed by atoms with van der Waals surface area (Å²) < 4.78 is 24.1. The number of hydrogen-bond donors (Lipinski definition) is 0. The number of benzene rings is 2. The molecule has 0 aliphatic carbocycles. The van der Waals surface area contributed by atoms with Gasteiger partial charge in [0.15, 0.2) is 6.20 Å². The zero-order chi connectivity index (χ0) is 21.8. The van der Waals surface area contributed by atoms with Crippen molar-refractivity contribution in [3.05, 3.63) is 84.2 Å². The molecule has 0 fully saturated rings. The van der Waals surface area contributed by atoms with Crippen molar-refractivity contribution < 1.29 is 11.7 Å². The fourth-order valence-corrected chi connectivity index (χ4v) is 3.94. The Morgan fingerprint density at radius 1 is 1.00 bits per heavy atom. The summed E-state index contributed by atoms with van der Waals surface area (Å²) in [6, 6.07) is 20.2. The molecule has 3 heteroatoms. The van der Waals surface area contributed by atoms with Crippen molar-refractivity contribution >= 4 is 21.9 Å². The number of aryl methyl sites for hydroxylation is 3. The first kappa shape index (κ1) is 15.5. The molecule has 3 nitrogen and oxygen atoms in total. The molecule has 0 saturated carbocycles. The summed E-state index contributed by atoms with van der Waals surface area (Å²) in [6.45, 7) is 3.65. The van der Waals surface area contributed by atoms with Gasteiger partial charge in [0.2, 0.25) is 5.69 Å². The second-order valence-corrected chi connectivity index (χ2v) is 7.33. The van der Waals surface area contributed by atoms with Crippen molar-refractivity contribution in [2.75, 3.05) is 0 Å². The van der Waals surface area contributed by atoms with Crippen molar-refractivity contribution in [3.63, 3.8) is 0 Å². The number of furan rings is 1. The lowest BCUT2D eigenvalue weighted by atomic mass is 10.00. The Morgan fingerprint density at radius 2 is 1.86 bits per heavy atom. The zero-order valence-electron chi connectivity index (χ0n) is 18.7. The van der Waals surface area contributed by atoms with Crippen molar-refractivity contribution in [1.82, 2.24) is 4.98 Å². The minimum Gasteiger partial charge on any atom is -0.455 e. The van der Waals surface area contributed by atoms with E-state index >= 15 is 0 Å².